The maximum atomic E-state index is 10.5. The molecule has 0 unspecified atom stereocenters. The van der Waals surface area contributed by atoms with E-state index >= 15 is 0 Å². The van der Waals surface area contributed by atoms with E-state index in [0.717, 1.165) is 0 Å². The minimum absolute atomic E-state index is 0.214. The molecule has 4 heteroatoms. The lowest BCUT2D eigenvalue weighted by Gasteiger charge is -1.95. The zero-order valence-electron chi connectivity index (χ0n) is 5.83. The molecule has 0 aliphatic heterocycles. The van der Waals surface area contributed by atoms with Gasteiger partial charge in [-0.15, -0.1) is 0 Å². The molecule has 0 fully saturated rings. The Morgan fingerprint density at radius 2 is 2.18 bits per heavy atom. The van der Waals surface area contributed by atoms with Crippen LogP contribution in [-0.2, 0) is 10.1 Å². The van der Waals surface area contributed by atoms with Crippen LogP contribution in [0.4, 0.5) is 0 Å². The normalized spacial score (nSPS) is 11.5. The van der Waals surface area contributed by atoms with Crippen molar-refractivity contribution in [2.24, 2.45) is 0 Å². The average Bonchev–Trinajstić information content (AvgIpc) is 1.86. The van der Waals surface area contributed by atoms with Crippen molar-refractivity contribution >= 4 is 10.1 Å². The summed E-state index contributed by atoms with van der Waals surface area (Å²) >= 11 is 0. The van der Waals surface area contributed by atoms with Crippen molar-refractivity contribution in [3.8, 4) is 0 Å². The van der Waals surface area contributed by atoms with Gasteiger partial charge in [0.15, 0.2) is 0 Å². The first-order valence-electron chi connectivity index (χ1n) is 2.88. The topological polar surface area (TPSA) is 54.4 Å². The SMILES string of the molecule is Cc1[c]ccc(S(=O)(=O)O)[c]1. The van der Waals surface area contributed by atoms with E-state index in [4.69, 9.17) is 4.55 Å². The molecule has 1 aromatic carbocycles. The molecule has 0 aliphatic carbocycles. The first-order chi connectivity index (χ1) is 5.00. The number of aryl methyl sites for hydroxylation is 1. The molecule has 1 aromatic rings. The standard InChI is InChI=1S/C7H6O3S/c1-6-3-2-4-7(5-6)11(8,9)10/h2,4H,1H3,(H,8,9,10). The summed E-state index contributed by atoms with van der Waals surface area (Å²) in [6, 6.07) is 7.83. The van der Waals surface area contributed by atoms with E-state index < -0.39 is 10.1 Å². The van der Waals surface area contributed by atoms with Crippen LogP contribution in [-0.4, -0.2) is 13.0 Å². The molecule has 58 valence electrons. The molecule has 3 nitrogen and oxygen atoms in total. The fourth-order valence-corrected chi connectivity index (χ4v) is 1.18. The highest BCUT2D eigenvalue weighted by molar-refractivity contribution is 7.85. The van der Waals surface area contributed by atoms with E-state index in [0.29, 0.717) is 5.56 Å². The third-order valence-corrected chi connectivity index (χ3v) is 1.92. The smallest absolute Gasteiger partial charge is 0.282 e. The second kappa shape index (κ2) is 2.64. The highest BCUT2D eigenvalue weighted by Crippen LogP contribution is 2.07. The van der Waals surface area contributed by atoms with Gasteiger partial charge in [-0.3, -0.25) is 4.55 Å². The highest BCUT2D eigenvalue weighted by Gasteiger charge is 2.08. The second-order valence-corrected chi connectivity index (χ2v) is 3.46. The molecule has 1 rings (SSSR count). The third-order valence-electron chi connectivity index (χ3n) is 1.12. The molecular weight excluding hydrogens is 164 g/mol. The quantitative estimate of drug-likeness (QED) is 0.635. The van der Waals surface area contributed by atoms with Gasteiger partial charge < -0.3 is 0 Å². The lowest BCUT2D eigenvalue weighted by Crippen LogP contribution is -1.97. The van der Waals surface area contributed by atoms with Crippen molar-refractivity contribution in [1.29, 1.82) is 0 Å². The summed E-state index contributed by atoms with van der Waals surface area (Å²) in [6.45, 7) is 1.65. The van der Waals surface area contributed by atoms with Crippen molar-refractivity contribution in [3.63, 3.8) is 0 Å². The van der Waals surface area contributed by atoms with Crippen molar-refractivity contribution in [2.75, 3.05) is 0 Å². The minimum atomic E-state index is -4.10. The summed E-state index contributed by atoms with van der Waals surface area (Å²) in [5.74, 6) is 0. The zero-order valence-corrected chi connectivity index (χ0v) is 6.64. The van der Waals surface area contributed by atoms with Crippen molar-refractivity contribution in [2.45, 2.75) is 11.8 Å². The van der Waals surface area contributed by atoms with Crippen molar-refractivity contribution in [1.82, 2.24) is 0 Å². The van der Waals surface area contributed by atoms with Crippen LogP contribution in [0.5, 0.6) is 0 Å². The first-order valence-corrected chi connectivity index (χ1v) is 4.32. The Hall–Kier alpha value is -0.870. The summed E-state index contributed by atoms with van der Waals surface area (Å²) in [7, 11) is -4.10. The van der Waals surface area contributed by atoms with Crippen LogP contribution in [0.15, 0.2) is 17.0 Å². The number of benzene rings is 1. The van der Waals surface area contributed by atoms with Gasteiger partial charge in [-0.05, 0) is 24.6 Å². The zero-order chi connectivity index (χ0) is 8.48. The number of rotatable bonds is 1. The number of hydrogen-bond acceptors (Lipinski definition) is 2. The van der Waals surface area contributed by atoms with E-state index in [1.54, 1.807) is 6.92 Å². The maximum absolute atomic E-state index is 10.5. The van der Waals surface area contributed by atoms with Crippen LogP contribution >= 0.6 is 0 Å². The molecule has 0 spiro atoms. The summed E-state index contributed by atoms with van der Waals surface area (Å²) in [5, 5.41) is 0. The Labute approximate surface area is 65.4 Å². The Bertz CT molecular complexity index is 354. The van der Waals surface area contributed by atoms with E-state index in [2.05, 4.69) is 12.1 Å². The maximum Gasteiger partial charge on any atom is 0.295 e. The molecular formula is C7H6O3S. The molecule has 0 saturated carbocycles. The predicted octanol–water partition coefficient (Wildman–Crippen LogP) is 0.842. The summed E-state index contributed by atoms with van der Waals surface area (Å²) < 4.78 is 29.5. The van der Waals surface area contributed by atoms with Crippen LogP contribution < -0.4 is 0 Å². The van der Waals surface area contributed by atoms with Gasteiger partial charge in [0, 0.05) is 6.07 Å². The second-order valence-electron chi connectivity index (χ2n) is 2.07. The first kappa shape index (κ1) is 8.23. The molecule has 0 saturated heterocycles. The summed E-state index contributed by atoms with van der Waals surface area (Å²) in [4.78, 5) is -0.214. The van der Waals surface area contributed by atoms with Gasteiger partial charge >= 0.3 is 0 Å². The van der Waals surface area contributed by atoms with Gasteiger partial charge in [0.1, 0.15) is 4.90 Å². The fourth-order valence-electron chi connectivity index (χ4n) is 0.655. The summed E-state index contributed by atoms with van der Waals surface area (Å²) in [6.07, 6.45) is 0. The molecule has 1 N–H and O–H groups in total. The Morgan fingerprint density at radius 3 is 2.55 bits per heavy atom. The van der Waals surface area contributed by atoms with Crippen LogP contribution in [0.25, 0.3) is 0 Å². The van der Waals surface area contributed by atoms with Gasteiger partial charge in [0.05, 0.1) is 0 Å². The minimum Gasteiger partial charge on any atom is -0.282 e. The Morgan fingerprint density at radius 1 is 1.55 bits per heavy atom. The third kappa shape index (κ3) is 2.03. The van der Waals surface area contributed by atoms with E-state index in [9.17, 15) is 8.42 Å². The molecule has 2 radical (unpaired) electrons. The Balaban J connectivity index is 3.28. The Kier molecular flexibility index (Phi) is 1.97. The van der Waals surface area contributed by atoms with Gasteiger partial charge in [-0.2, -0.15) is 8.42 Å². The molecule has 11 heavy (non-hydrogen) atoms. The van der Waals surface area contributed by atoms with E-state index in [1.807, 2.05) is 0 Å². The average molecular weight is 170 g/mol. The molecule has 0 aliphatic rings. The largest absolute Gasteiger partial charge is 0.295 e. The van der Waals surface area contributed by atoms with Crippen molar-refractivity contribution < 1.29 is 13.0 Å². The van der Waals surface area contributed by atoms with Gasteiger partial charge in [0.25, 0.3) is 10.1 Å². The molecule has 0 heterocycles. The number of hydrogen-bond donors (Lipinski definition) is 1. The lowest BCUT2D eigenvalue weighted by molar-refractivity contribution is 0.483. The van der Waals surface area contributed by atoms with Crippen LogP contribution in [0.2, 0.25) is 0 Å². The van der Waals surface area contributed by atoms with Gasteiger partial charge in [-0.1, -0.05) is 6.07 Å². The molecule has 0 bridgehead atoms. The van der Waals surface area contributed by atoms with Crippen molar-refractivity contribution in [3.05, 3.63) is 29.8 Å². The fraction of sp³-hybridized carbons (Fsp3) is 0.143. The van der Waals surface area contributed by atoms with Crippen LogP contribution in [0.3, 0.4) is 0 Å². The molecule has 0 aromatic heterocycles. The van der Waals surface area contributed by atoms with E-state index in [1.165, 1.54) is 12.1 Å². The van der Waals surface area contributed by atoms with E-state index in [-0.39, 0.29) is 4.90 Å². The van der Waals surface area contributed by atoms with Crippen LogP contribution in [0.1, 0.15) is 5.56 Å². The monoisotopic (exact) mass is 170 g/mol. The summed E-state index contributed by atoms with van der Waals surface area (Å²) in [5.41, 5.74) is 0.556. The lowest BCUT2D eigenvalue weighted by atomic mass is 10.2. The highest BCUT2D eigenvalue weighted by atomic mass is 32.2. The predicted molar refractivity (Wildman–Crippen MR) is 38.7 cm³/mol. The van der Waals surface area contributed by atoms with Gasteiger partial charge in [0.2, 0.25) is 0 Å². The molecule has 0 amide bonds. The molecule has 0 atom stereocenters. The van der Waals surface area contributed by atoms with Crippen LogP contribution in [0, 0.1) is 19.1 Å². The van der Waals surface area contributed by atoms with Gasteiger partial charge in [-0.25, -0.2) is 0 Å².